The van der Waals surface area contributed by atoms with Crippen LogP contribution in [0.5, 0.6) is 5.75 Å². The summed E-state index contributed by atoms with van der Waals surface area (Å²) in [6.07, 6.45) is 0.500. The molecule has 0 heterocycles. The zero-order chi connectivity index (χ0) is 14.0. The van der Waals surface area contributed by atoms with Gasteiger partial charge in [-0.05, 0) is 42.8 Å². The zero-order valence-corrected chi connectivity index (χ0v) is 13.3. The average molecular weight is 264 g/mol. The number of carbonyl (C=O) groups is 1. The molecule has 0 saturated heterocycles. The molecule has 0 N–H and O–H groups in total. The Bertz CT molecular complexity index is 413. The molecule has 1 rings (SSSR count). The lowest BCUT2D eigenvalue weighted by Crippen LogP contribution is -2.43. The third kappa shape index (κ3) is 3.98. The summed E-state index contributed by atoms with van der Waals surface area (Å²) in [7, 11) is -1.76. The molecule has 0 unspecified atom stereocenters. The van der Waals surface area contributed by atoms with Crippen LogP contribution in [0, 0.1) is 0 Å². The molecule has 0 aliphatic heterocycles. The molecule has 0 aliphatic carbocycles. The smallest absolute Gasteiger partial charge is 0.250 e. The first kappa shape index (κ1) is 15.0. The summed E-state index contributed by atoms with van der Waals surface area (Å²) in [5.41, 5.74) is 1.05. The van der Waals surface area contributed by atoms with E-state index in [9.17, 15) is 4.79 Å². The van der Waals surface area contributed by atoms with Crippen LogP contribution in [0.1, 0.15) is 33.3 Å². The van der Waals surface area contributed by atoms with Gasteiger partial charge in [0.15, 0.2) is 0 Å². The molecule has 0 amide bonds. The third-order valence-corrected chi connectivity index (χ3v) is 7.91. The number of carbonyl (C=O) groups excluding carboxylic acids is 1. The number of hydrogen-bond acceptors (Lipinski definition) is 2. The van der Waals surface area contributed by atoms with Crippen molar-refractivity contribution < 1.29 is 9.22 Å². The number of hydrogen-bond donors (Lipinski definition) is 0. The predicted molar refractivity (Wildman–Crippen MR) is 78.7 cm³/mol. The van der Waals surface area contributed by atoms with E-state index in [1.54, 1.807) is 6.92 Å². The van der Waals surface area contributed by atoms with Crippen LogP contribution in [0.4, 0.5) is 0 Å². The molecule has 0 fully saturated rings. The van der Waals surface area contributed by atoms with Crippen molar-refractivity contribution >= 4 is 14.1 Å². The lowest BCUT2D eigenvalue weighted by Gasteiger charge is -2.36. The Labute approximate surface area is 111 Å². The zero-order valence-electron chi connectivity index (χ0n) is 12.3. The summed E-state index contributed by atoms with van der Waals surface area (Å²) in [4.78, 5) is 11.0. The Hall–Kier alpha value is -1.09. The van der Waals surface area contributed by atoms with Crippen LogP contribution in [-0.4, -0.2) is 14.1 Å². The van der Waals surface area contributed by atoms with Crippen LogP contribution in [0.3, 0.4) is 0 Å². The molecular formula is C15H24O2Si. The molecule has 0 radical (unpaired) electrons. The second kappa shape index (κ2) is 5.27. The summed E-state index contributed by atoms with van der Waals surface area (Å²) in [5.74, 6) is 1.10. The van der Waals surface area contributed by atoms with Crippen molar-refractivity contribution in [2.24, 2.45) is 0 Å². The second-order valence-corrected chi connectivity index (χ2v) is 11.1. The first-order chi connectivity index (χ1) is 8.12. The van der Waals surface area contributed by atoms with Crippen LogP contribution in [0.15, 0.2) is 24.3 Å². The highest BCUT2D eigenvalue weighted by Gasteiger charge is 2.38. The Morgan fingerprint density at radius 3 is 2.06 bits per heavy atom. The van der Waals surface area contributed by atoms with Crippen LogP contribution < -0.4 is 4.43 Å². The summed E-state index contributed by atoms with van der Waals surface area (Å²) < 4.78 is 6.18. The van der Waals surface area contributed by atoms with Gasteiger partial charge in [0.1, 0.15) is 11.5 Å². The molecule has 2 nitrogen and oxygen atoms in total. The highest BCUT2D eigenvalue weighted by Crippen LogP contribution is 2.37. The second-order valence-electron chi connectivity index (χ2n) is 6.39. The standard InChI is InChI=1S/C15H24O2Si/c1-12(16)11-13-7-9-14(10-8-13)17-18(5,6)15(2,3)4/h7-10H,11H2,1-6H3. The molecule has 0 spiro atoms. The lowest BCUT2D eigenvalue weighted by atomic mass is 10.1. The van der Waals surface area contributed by atoms with Gasteiger partial charge in [0.2, 0.25) is 8.32 Å². The summed E-state index contributed by atoms with van der Waals surface area (Å²) >= 11 is 0. The van der Waals surface area contributed by atoms with Gasteiger partial charge in [0.05, 0.1) is 0 Å². The summed E-state index contributed by atoms with van der Waals surface area (Å²) in [6, 6.07) is 7.89. The van der Waals surface area contributed by atoms with Crippen LogP contribution in [-0.2, 0) is 11.2 Å². The van der Waals surface area contributed by atoms with Crippen molar-refractivity contribution in [3.8, 4) is 5.75 Å². The van der Waals surface area contributed by atoms with Gasteiger partial charge in [0.25, 0.3) is 0 Å². The number of ketones is 1. The molecular weight excluding hydrogens is 240 g/mol. The van der Waals surface area contributed by atoms with E-state index < -0.39 is 8.32 Å². The van der Waals surface area contributed by atoms with Gasteiger partial charge in [-0.1, -0.05) is 32.9 Å². The molecule has 1 aromatic carbocycles. The van der Waals surface area contributed by atoms with Crippen molar-refractivity contribution in [2.75, 3.05) is 0 Å². The Morgan fingerprint density at radius 1 is 1.17 bits per heavy atom. The van der Waals surface area contributed by atoms with Gasteiger partial charge in [0, 0.05) is 6.42 Å². The predicted octanol–water partition coefficient (Wildman–Crippen LogP) is 4.20. The molecule has 1 aromatic rings. The molecule has 18 heavy (non-hydrogen) atoms. The van der Waals surface area contributed by atoms with Crippen LogP contribution in [0.2, 0.25) is 18.1 Å². The fraction of sp³-hybridized carbons (Fsp3) is 0.533. The fourth-order valence-electron chi connectivity index (χ4n) is 1.41. The van der Waals surface area contributed by atoms with Gasteiger partial charge in [-0.25, -0.2) is 0 Å². The number of rotatable bonds is 4. The van der Waals surface area contributed by atoms with Gasteiger partial charge in [-0.2, -0.15) is 0 Å². The maximum Gasteiger partial charge on any atom is 0.250 e. The maximum absolute atomic E-state index is 11.0. The number of Topliss-reactive ketones (excluding diaryl/α,β-unsaturated/α-hetero) is 1. The fourth-order valence-corrected chi connectivity index (χ4v) is 2.44. The van der Waals surface area contributed by atoms with E-state index in [1.807, 2.05) is 24.3 Å². The van der Waals surface area contributed by atoms with Crippen LogP contribution >= 0.6 is 0 Å². The van der Waals surface area contributed by atoms with Gasteiger partial charge in [-0.15, -0.1) is 0 Å². The molecule has 0 aromatic heterocycles. The first-order valence-corrected chi connectivity index (χ1v) is 9.30. The average Bonchev–Trinajstić information content (AvgIpc) is 2.18. The Kier molecular flexibility index (Phi) is 4.38. The largest absolute Gasteiger partial charge is 0.544 e. The molecule has 3 heteroatoms. The van der Waals surface area contributed by atoms with Crippen molar-refractivity contribution in [3.05, 3.63) is 29.8 Å². The van der Waals surface area contributed by atoms with Crippen molar-refractivity contribution in [3.63, 3.8) is 0 Å². The normalized spacial score (nSPS) is 12.3. The van der Waals surface area contributed by atoms with Crippen molar-refractivity contribution in [2.45, 2.75) is 52.2 Å². The Balaban J connectivity index is 2.78. The third-order valence-electron chi connectivity index (χ3n) is 3.56. The highest BCUT2D eigenvalue weighted by molar-refractivity contribution is 6.74. The SMILES string of the molecule is CC(=O)Cc1ccc(O[Si](C)(C)C(C)(C)C)cc1. The highest BCUT2D eigenvalue weighted by atomic mass is 28.4. The summed E-state index contributed by atoms with van der Waals surface area (Å²) in [6.45, 7) is 12.8. The van der Waals surface area contributed by atoms with Gasteiger partial charge >= 0.3 is 0 Å². The van der Waals surface area contributed by atoms with E-state index in [-0.39, 0.29) is 10.8 Å². The minimum Gasteiger partial charge on any atom is -0.544 e. The van der Waals surface area contributed by atoms with E-state index in [2.05, 4.69) is 33.9 Å². The molecule has 100 valence electrons. The van der Waals surface area contributed by atoms with E-state index in [4.69, 9.17) is 4.43 Å². The number of benzene rings is 1. The van der Waals surface area contributed by atoms with Crippen molar-refractivity contribution in [1.29, 1.82) is 0 Å². The van der Waals surface area contributed by atoms with Crippen LogP contribution in [0.25, 0.3) is 0 Å². The van der Waals surface area contributed by atoms with E-state index in [0.29, 0.717) is 6.42 Å². The topological polar surface area (TPSA) is 26.3 Å². The molecule has 0 atom stereocenters. The van der Waals surface area contributed by atoms with Gasteiger partial charge < -0.3 is 4.43 Å². The minimum atomic E-state index is -1.76. The Morgan fingerprint density at radius 2 is 1.67 bits per heavy atom. The maximum atomic E-state index is 11.0. The summed E-state index contributed by atoms with van der Waals surface area (Å²) in [5, 5.41) is 0.199. The molecule has 0 bridgehead atoms. The van der Waals surface area contributed by atoms with E-state index in [1.165, 1.54) is 0 Å². The van der Waals surface area contributed by atoms with Crippen molar-refractivity contribution in [1.82, 2.24) is 0 Å². The lowest BCUT2D eigenvalue weighted by molar-refractivity contribution is -0.116. The molecule has 0 aliphatic rings. The quantitative estimate of drug-likeness (QED) is 0.762. The van der Waals surface area contributed by atoms with Gasteiger partial charge in [-0.3, -0.25) is 4.79 Å². The van der Waals surface area contributed by atoms with E-state index >= 15 is 0 Å². The minimum absolute atomic E-state index is 0.188. The van der Waals surface area contributed by atoms with E-state index in [0.717, 1.165) is 11.3 Å². The monoisotopic (exact) mass is 264 g/mol. The molecule has 0 saturated carbocycles. The first-order valence-electron chi connectivity index (χ1n) is 6.39.